The van der Waals surface area contributed by atoms with Crippen LogP contribution in [0.3, 0.4) is 0 Å². The minimum Gasteiger partial charge on any atom is -0.224 e. The second kappa shape index (κ2) is 5.41. The highest BCUT2D eigenvalue weighted by atomic mass is 32.2. The van der Waals surface area contributed by atoms with E-state index >= 15 is 0 Å². The van der Waals surface area contributed by atoms with Gasteiger partial charge >= 0.3 is 0 Å². The summed E-state index contributed by atoms with van der Waals surface area (Å²) in [5.41, 5.74) is 3.36. The van der Waals surface area contributed by atoms with Gasteiger partial charge in [0.25, 0.3) is 0 Å². The summed E-state index contributed by atoms with van der Waals surface area (Å²) in [5.74, 6) is 0. The van der Waals surface area contributed by atoms with Crippen LogP contribution in [0.25, 0.3) is 12.2 Å². The first-order valence-corrected chi connectivity index (χ1v) is 7.90. The van der Waals surface area contributed by atoms with Crippen molar-refractivity contribution in [1.29, 1.82) is 0 Å². The maximum absolute atomic E-state index is 11.4. The molecule has 0 aromatic heterocycles. The molecular formula is C16H16O2S. The molecule has 2 nitrogen and oxygen atoms in total. The Balaban J connectivity index is 2.23. The lowest BCUT2D eigenvalue weighted by molar-refractivity contribution is 0.602. The van der Waals surface area contributed by atoms with Crippen LogP contribution in [-0.2, 0) is 9.84 Å². The fourth-order valence-corrected chi connectivity index (χ4v) is 2.42. The van der Waals surface area contributed by atoms with Gasteiger partial charge in [0.15, 0.2) is 9.84 Å². The fraction of sp³-hybridized carbons (Fsp3) is 0.125. The highest BCUT2D eigenvalue weighted by Crippen LogP contribution is 2.14. The fourth-order valence-electron chi connectivity index (χ4n) is 1.79. The molecule has 19 heavy (non-hydrogen) atoms. The Kier molecular flexibility index (Phi) is 3.86. The minimum absolute atomic E-state index is 0.348. The second-order valence-electron chi connectivity index (χ2n) is 4.53. The van der Waals surface area contributed by atoms with Crippen LogP contribution in [0.2, 0.25) is 0 Å². The van der Waals surface area contributed by atoms with Crippen LogP contribution >= 0.6 is 0 Å². The van der Waals surface area contributed by atoms with E-state index in [0.717, 1.165) is 11.1 Å². The standard InChI is InChI=1S/C16H16O2S/c1-13-5-3-4-6-15(13)10-7-14-8-11-16(12-9-14)19(2,17)18/h3-12H,1-2H3/b10-7+. The molecule has 0 aliphatic carbocycles. The lowest BCUT2D eigenvalue weighted by atomic mass is 10.1. The highest BCUT2D eigenvalue weighted by Gasteiger charge is 2.04. The quantitative estimate of drug-likeness (QED) is 0.800. The van der Waals surface area contributed by atoms with Gasteiger partial charge in [-0.25, -0.2) is 8.42 Å². The van der Waals surface area contributed by atoms with Crippen molar-refractivity contribution in [2.45, 2.75) is 11.8 Å². The van der Waals surface area contributed by atoms with Gasteiger partial charge in [0.2, 0.25) is 0 Å². The summed E-state index contributed by atoms with van der Waals surface area (Å²) < 4.78 is 22.7. The minimum atomic E-state index is -3.12. The summed E-state index contributed by atoms with van der Waals surface area (Å²) in [6.07, 6.45) is 5.23. The van der Waals surface area contributed by atoms with Gasteiger partial charge < -0.3 is 0 Å². The highest BCUT2D eigenvalue weighted by molar-refractivity contribution is 7.90. The lowest BCUT2D eigenvalue weighted by Gasteiger charge is -2.00. The van der Waals surface area contributed by atoms with Gasteiger partial charge in [0.1, 0.15) is 0 Å². The molecule has 0 fully saturated rings. The van der Waals surface area contributed by atoms with E-state index in [2.05, 4.69) is 19.1 Å². The molecule has 3 heteroatoms. The Hall–Kier alpha value is -1.87. The van der Waals surface area contributed by atoms with Crippen molar-refractivity contribution >= 4 is 22.0 Å². The van der Waals surface area contributed by atoms with Gasteiger partial charge in [0.05, 0.1) is 4.90 Å². The summed E-state index contributed by atoms with van der Waals surface area (Å²) in [6.45, 7) is 2.06. The maximum atomic E-state index is 11.4. The normalized spacial score (nSPS) is 11.9. The zero-order valence-electron chi connectivity index (χ0n) is 11.0. The lowest BCUT2D eigenvalue weighted by Crippen LogP contribution is -1.95. The average Bonchev–Trinajstić information content (AvgIpc) is 2.37. The summed E-state index contributed by atoms with van der Waals surface area (Å²) in [5, 5.41) is 0. The zero-order chi connectivity index (χ0) is 13.9. The monoisotopic (exact) mass is 272 g/mol. The van der Waals surface area contributed by atoms with Crippen LogP contribution in [0.5, 0.6) is 0 Å². The number of hydrogen-bond acceptors (Lipinski definition) is 2. The van der Waals surface area contributed by atoms with Crippen molar-refractivity contribution in [1.82, 2.24) is 0 Å². The third-order valence-corrected chi connectivity index (χ3v) is 4.08. The molecule has 2 aromatic rings. The molecule has 0 amide bonds. The number of rotatable bonds is 3. The van der Waals surface area contributed by atoms with Gasteiger partial charge in [-0.2, -0.15) is 0 Å². The Morgan fingerprint density at radius 2 is 1.53 bits per heavy atom. The third kappa shape index (κ3) is 3.55. The van der Waals surface area contributed by atoms with E-state index in [4.69, 9.17) is 0 Å². The van der Waals surface area contributed by atoms with E-state index in [1.165, 1.54) is 11.8 Å². The second-order valence-corrected chi connectivity index (χ2v) is 6.55. The molecule has 0 atom stereocenters. The van der Waals surface area contributed by atoms with E-state index in [9.17, 15) is 8.42 Å². The molecule has 2 rings (SSSR count). The molecule has 0 aliphatic heterocycles. The molecular weight excluding hydrogens is 256 g/mol. The van der Waals surface area contributed by atoms with E-state index in [1.807, 2.05) is 36.4 Å². The number of hydrogen-bond donors (Lipinski definition) is 0. The van der Waals surface area contributed by atoms with Crippen LogP contribution in [0.1, 0.15) is 16.7 Å². The first-order chi connectivity index (χ1) is 8.97. The molecule has 0 saturated heterocycles. The van der Waals surface area contributed by atoms with Gasteiger partial charge in [-0.1, -0.05) is 48.6 Å². The Morgan fingerprint density at radius 1 is 0.895 bits per heavy atom. The first kappa shape index (κ1) is 13.6. The Bertz CT molecular complexity index is 696. The summed E-state index contributed by atoms with van der Waals surface area (Å²) in [7, 11) is -3.12. The average molecular weight is 272 g/mol. The van der Waals surface area contributed by atoms with Crippen molar-refractivity contribution in [2.75, 3.05) is 6.26 Å². The number of aryl methyl sites for hydroxylation is 1. The topological polar surface area (TPSA) is 34.1 Å². The first-order valence-electron chi connectivity index (χ1n) is 6.01. The van der Waals surface area contributed by atoms with Crippen molar-refractivity contribution in [3.05, 3.63) is 65.2 Å². The van der Waals surface area contributed by atoms with Crippen LogP contribution in [-0.4, -0.2) is 14.7 Å². The summed E-state index contributed by atoms with van der Waals surface area (Å²) in [4.78, 5) is 0.348. The van der Waals surface area contributed by atoms with Gasteiger partial charge in [-0.15, -0.1) is 0 Å². The summed E-state index contributed by atoms with van der Waals surface area (Å²) >= 11 is 0. The van der Waals surface area contributed by atoms with Gasteiger partial charge in [-0.05, 0) is 35.7 Å². The predicted octanol–water partition coefficient (Wildman–Crippen LogP) is 3.57. The molecule has 0 N–H and O–H groups in total. The Labute approximate surface area is 114 Å². The SMILES string of the molecule is Cc1ccccc1/C=C/c1ccc(S(C)(=O)=O)cc1. The van der Waals surface area contributed by atoms with Crippen molar-refractivity contribution in [3.63, 3.8) is 0 Å². The molecule has 0 spiro atoms. The van der Waals surface area contributed by atoms with E-state index in [1.54, 1.807) is 12.1 Å². The molecule has 0 unspecified atom stereocenters. The van der Waals surface area contributed by atoms with Gasteiger partial charge in [0, 0.05) is 6.26 Å². The van der Waals surface area contributed by atoms with Crippen molar-refractivity contribution < 1.29 is 8.42 Å². The molecule has 0 radical (unpaired) electrons. The van der Waals surface area contributed by atoms with Gasteiger partial charge in [-0.3, -0.25) is 0 Å². The molecule has 0 saturated carbocycles. The van der Waals surface area contributed by atoms with E-state index < -0.39 is 9.84 Å². The van der Waals surface area contributed by atoms with Crippen molar-refractivity contribution in [3.8, 4) is 0 Å². The zero-order valence-corrected chi connectivity index (χ0v) is 11.8. The van der Waals surface area contributed by atoms with Crippen LogP contribution in [0, 0.1) is 6.92 Å². The molecule has 98 valence electrons. The van der Waals surface area contributed by atoms with Crippen LogP contribution < -0.4 is 0 Å². The largest absolute Gasteiger partial charge is 0.224 e. The van der Waals surface area contributed by atoms with Crippen LogP contribution in [0.15, 0.2) is 53.4 Å². The summed E-state index contributed by atoms with van der Waals surface area (Å²) in [6, 6.07) is 15.0. The molecule has 0 bridgehead atoms. The maximum Gasteiger partial charge on any atom is 0.175 e. The smallest absolute Gasteiger partial charge is 0.175 e. The van der Waals surface area contributed by atoms with E-state index in [-0.39, 0.29) is 0 Å². The van der Waals surface area contributed by atoms with E-state index in [0.29, 0.717) is 4.90 Å². The molecule has 0 heterocycles. The molecule has 0 aliphatic rings. The number of benzene rings is 2. The Morgan fingerprint density at radius 3 is 2.11 bits per heavy atom. The molecule has 2 aromatic carbocycles. The van der Waals surface area contributed by atoms with Crippen molar-refractivity contribution in [2.24, 2.45) is 0 Å². The van der Waals surface area contributed by atoms with Crippen LogP contribution in [0.4, 0.5) is 0 Å². The third-order valence-electron chi connectivity index (χ3n) is 2.95. The number of sulfone groups is 1. The predicted molar refractivity (Wildman–Crippen MR) is 79.7 cm³/mol.